The summed E-state index contributed by atoms with van der Waals surface area (Å²) < 4.78 is 10.5. The Balaban J connectivity index is 1.39. The normalized spacial score (nSPS) is 10.9. The molecule has 1 amide bonds. The van der Waals surface area contributed by atoms with Crippen LogP contribution in [0.3, 0.4) is 0 Å². The number of benzene rings is 2. The van der Waals surface area contributed by atoms with Crippen molar-refractivity contribution in [2.75, 3.05) is 25.3 Å². The number of pyridine rings is 1. The molecule has 0 unspecified atom stereocenters. The SMILES string of the molecule is COc1ccc(NC(=O)CSc2ccc(-c3nc4cc(C)c(C)cc4[nH]3)cn2)c(OC)c1. The fourth-order valence-corrected chi connectivity index (χ4v) is 3.88. The Morgan fingerprint density at radius 3 is 2.59 bits per heavy atom. The molecular formula is C24H24N4O3S. The van der Waals surface area contributed by atoms with Gasteiger partial charge in [0.15, 0.2) is 0 Å². The largest absolute Gasteiger partial charge is 0.497 e. The van der Waals surface area contributed by atoms with Crippen molar-refractivity contribution in [1.82, 2.24) is 15.0 Å². The lowest BCUT2D eigenvalue weighted by atomic mass is 10.1. The molecule has 0 radical (unpaired) electrons. The minimum Gasteiger partial charge on any atom is -0.497 e. The van der Waals surface area contributed by atoms with Gasteiger partial charge in [-0.1, -0.05) is 11.8 Å². The molecule has 0 saturated heterocycles. The molecule has 0 atom stereocenters. The highest BCUT2D eigenvalue weighted by atomic mass is 32.2. The highest BCUT2D eigenvalue weighted by Gasteiger charge is 2.11. The zero-order valence-electron chi connectivity index (χ0n) is 18.4. The number of fused-ring (bicyclic) bond motifs is 1. The van der Waals surface area contributed by atoms with Crippen LogP contribution < -0.4 is 14.8 Å². The number of aryl methyl sites for hydroxylation is 2. The molecule has 0 fully saturated rings. The number of carbonyl (C=O) groups is 1. The summed E-state index contributed by atoms with van der Waals surface area (Å²) in [7, 11) is 3.13. The lowest BCUT2D eigenvalue weighted by Gasteiger charge is -2.11. The smallest absolute Gasteiger partial charge is 0.234 e. The van der Waals surface area contributed by atoms with Gasteiger partial charge >= 0.3 is 0 Å². The number of aromatic amines is 1. The van der Waals surface area contributed by atoms with Gasteiger partial charge in [-0.2, -0.15) is 0 Å². The second-order valence-electron chi connectivity index (χ2n) is 7.33. The third-order valence-electron chi connectivity index (χ3n) is 5.14. The second-order valence-corrected chi connectivity index (χ2v) is 8.32. The van der Waals surface area contributed by atoms with Crippen LogP contribution in [0.2, 0.25) is 0 Å². The maximum absolute atomic E-state index is 12.4. The molecule has 2 N–H and O–H groups in total. The topological polar surface area (TPSA) is 89.1 Å². The van der Waals surface area contributed by atoms with Crippen molar-refractivity contribution in [3.05, 3.63) is 59.8 Å². The van der Waals surface area contributed by atoms with Gasteiger partial charge < -0.3 is 19.8 Å². The number of hydrogen-bond donors (Lipinski definition) is 2. The number of rotatable bonds is 7. The second kappa shape index (κ2) is 9.32. The Labute approximate surface area is 190 Å². The molecule has 2 heterocycles. The summed E-state index contributed by atoms with van der Waals surface area (Å²) in [5.74, 6) is 2.06. The van der Waals surface area contributed by atoms with Gasteiger partial charge in [-0.3, -0.25) is 4.79 Å². The average Bonchev–Trinajstić information content (AvgIpc) is 3.21. The van der Waals surface area contributed by atoms with Crippen LogP contribution in [-0.4, -0.2) is 40.8 Å². The van der Waals surface area contributed by atoms with Crippen LogP contribution in [0.1, 0.15) is 11.1 Å². The first-order chi connectivity index (χ1) is 15.5. The van der Waals surface area contributed by atoms with Crippen molar-refractivity contribution in [1.29, 1.82) is 0 Å². The van der Waals surface area contributed by atoms with Gasteiger partial charge in [-0.05, 0) is 61.4 Å². The van der Waals surface area contributed by atoms with E-state index in [0.717, 1.165) is 27.4 Å². The predicted octanol–water partition coefficient (Wildman–Crippen LogP) is 4.99. The average molecular weight is 449 g/mol. The van der Waals surface area contributed by atoms with Crippen molar-refractivity contribution >= 4 is 34.4 Å². The fourth-order valence-electron chi connectivity index (χ4n) is 3.24. The molecule has 0 spiro atoms. The van der Waals surface area contributed by atoms with Crippen LogP contribution in [0.5, 0.6) is 11.5 Å². The summed E-state index contributed by atoms with van der Waals surface area (Å²) >= 11 is 1.36. The van der Waals surface area contributed by atoms with Crippen molar-refractivity contribution in [3.63, 3.8) is 0 Å². The molecule has 2 aromatic heterocycles. The fraction of sp³-hybridized carbons (Fsp3) is 0.208. The van der Waals surface area contributed by atoms with Crippen molar-refractivity contribution in [2.45, 2.75) is 18.9 Å². The van der Waals surface area contributed by atoms with Gasteiger partial charge in [0.2, 0.25) is 5.91 Å². The van der Waals surface area contributed by atoms with E-state index in [0.29, 0.717) is 17.2 Å². The molecule has 7 nitrogen and oxygen atoms in total. The van der Waals surface area contributed by atoms with Crippen molar-refractivity contribution in [2.24, 2.45) is 0 Å². The molecule has 0 aliphatic rings. The minimum absolute atomic E-state index is 0.146. The number of aromatic nitrogens is 3. The Morgan fingerprint density at radius 1 is 1.06 bits per heavy atom. The number of thioether (sulfide) groups is 1. The number of amides is 1. The molecule has 0 saturated carbocycles. The van der Waals surface area contributed by atoms with E-state index in [2.05, 4.69) is 46.2 Å². The quantitative estimate of drug-likeness (QED) is 0.387. The maximum Gasteiger partial charge on any atom is 0.234 e. The Kier molecular flexibility index (Phi) is 6.32. The molecule has 4 aromatic rings. The van der Waals surface area contributed by atoms with Gasteiger partial charge in [-0.25, -0.2) is 9.97 Å². The van der Waals surface area contributed by atoms with E-state index in [4.69, 9.17) is 9.47 Å². The number of anilines is 1. The summed E-state index contributed by atoms with van der Waals surface area (Å²) in [4.78, 5) is 24.9. The molecule has 8 heteroatoms. The molecule has 4 rings (SSSR count). The van der Waals surface area contributed by atoms with Gasteiger partial charge in [0.05, 0.1) is 41.7 Å². The van der Waals surface area contributed by atoms with Crippen LogP contribution in [-0.2, 0) is 4.79 Å². The zero-order valence-corrected chi connectivity index (χ0v) is 19.2. The van der Waals surface area contributed by atoms with E-state index >= 15 is 0 Å². The molecule has 0 aliphatic carbocycles. The predicted molar refractivity (Wildman–Crippen MR) is 128 cm³/mol. The summed E-state index contributed by atoms with van der Waals surface area (Å²) in [6.45, 7) is 4.17. The number of nitrogens with zero attached hydrogens (tertiary/aromatic N) is 2. The Morgan fingerprint density at radius 2 is 1.88 bits per heavy atom. The number of H-pyrrole nitrogens is 1. The van der Waals surface area contributed by atoms with E-state index in [1.54, 1.807) is 38.6 Å². The lowest BCUT2D eigenvalue weighted by Crippen LogP contribution is -2.14. The van der Waals surface area contributed by atoms with Crippen molar-refractivity contribution in [3.8, 4) is 22.9 Å². The van der Waals surface area contributed by atoms with Crippen LogP contribution in [0.4, 0.5) is 5.69 Å². The van der Waals surface area contributed by atoms with Gasteiger partial charge in [0.1, 0.15) is 17.3 Å². The van der Waals surface area contributed by atoms with Crippen LogP contribution in [0.15, 0.2) is 53.7 Å². The van der Waals surface area contributed by atoms with Gasteiger partial charge in [0.25, 0.3) is 0 Å². The minimum atomic E-state index is -0.146. The summed E-state index contributed by atoms with van der Waals surface area (Å²) in [6, 6.07) is 13.3. The summed E-state index contributed by atoms with van der Waals surface area (Å²) in [5.41, 5.74) is 5.87. The third kappa shape index (κ3) is 4.70. The Bertz CT molecular complexity index is 1230. The highest BCUT2D eigenvalue weighted by molar-refractivity contribution is 7.99. The van der Waals surface area contributed by atoms with E-state index in [9.17, 15) is 4.79 Å². The van der Waals surface area contributed by atoms with Crippen LogP contribution >= 0.6 is 11.8 Å². The first kappa shape index (κ1) is 21.7. The molecule has 0 bridgehead atoms. The van der Waals surface area contributed by atoms with Crippen LogP contribution in [0, 0.1) is 13.8 Å². The van der Waals surface area contributed by atoms with Crippen molar-refractivity contribution < 1.29 is 14.3 Å². The molecule has 2 aromatic carbocycles. The van der Waals surface area contributed by atoms with Crippen LogP contribution in [0.25, 0.3) is 22.4 Å². The zero-order chi connectivity index (χ0) is 22.7. The number of nitrogens with one attached hydrogen (secondary N) is 2. The lowest BCUT2D eigenvalue weighted by molar-refractivity contribution is -0.113. The monoisotopic (exact) mass is 448 g/mol. The van der Waals surface area contributed by atoms with Gasteiger partial charge in [-0.15, -0.1) is 0 Å². The molecule has 164 valence electrons. The maximum atomic E-state index is 12.4. The standard InChI is InChI=1S/C24H24N4O3S/c1-14-9-19-20(10-15(14)2)28-24(27-19)16-5-8-23(25-12-16)32-13-22(29)26-18-7-6-17(30-3)11-21(18)31-4/h5-12H,13H2,1-4H3,(H,26,29)(H,27,28). The van der Waals surface area contributed by atoms with E-state index in [1.165, 1.54) is 22.9 Å². The van der Waals surface area contributed by atoms with E-state index < -0.39 is 0 Å². The third-order valence-corrected chi connectivity index (χ3v) is 6.08. The number of methoxy groups -OCH3 is 2. The first-order valence-electron chi connectivity index (χ1n) is 10.0. The molecule has 0 aliphatic heterocycles. The summed E-state index contributed by atoms with van der Waals surface area (Å²) in [5, 5.41) is 3.62. The highest BCUT2D eigenvalue weighted by Crippen LogP contribution is 2.29. The Hall–Kier alpha value is -3.52. The number of carbonyl (C=O) groups excluding carboxylic acids is 1. The van der Waals surface area contributed by atoms with E-state index in [-0.39, 0.29) is 11.7 Å². The number of hydrogen-bond acceptors (Lipinski definition) is 6. The summed E-state index contributed by atoms with van der Waals surface area (Å²) in [6.07, 6.45) is 1.77. The molecule has 32 heavy (non-hydrogen) atoms. The molecular weight excluding hydrogens is 424 g/mol. The first-order valence-corrected chi connectivity index (χ1v) is 11.0. The number of ether oxygens (including phenoxy) is 2. The van der Waals surface area contributed by atoms with E-state index in [1.807, 2.05) is 12.1 Å². The van der Waals surface area contributed by atoms with Gasteiger partial charge in [0, 0.05) is 17.8 Å². The number of imidazole rings is 1.